The monoisotopic (exact) mass is 597 g/mol. The highest BCUT2D eigenvalue weighted by Gasteiger charge is 2.37. The molecule has 1 aliphatic rings. The third-order valence-electron chi connectivity index (χ3n) is 6.92. The summed E-state index contributed by atoms with van der Waals surface area (Å²) in [7, 11) is -0.992. The second-order valence-corrected chi connectivity index (χ2v) is 11.8. The number of nitro groups is 1. The van der Waals surface area contributed by atoms with Crippen molar-refractivity contribution in [3.05, 3.63) is 124 Å². The van der Waals surface area contributed by atoms with Gasteiger partial charge >= 0.3 is 0 Å². The van der Waals surface area contributed by atoms with Crippen molar-refractivity contribution in [3.8, 4) is 0 Å². The standard InChI is InChI=1S/C31H27N5O6S/c1-34(2)28(37)20-35(43(41,42)25-11-7-4-8-12-25)23-15-13-22(14-16-23)32-30(21-9-5-3-6-10-21)29-26-19-24(36(39)40)17-18-27(26)33-31(29)38/h3-19,29H,20H2,1-2H3,(H,33,38). The lowest BCUT2D eigenvalue weighted by Gasteiger charge is -2.25. The van der Waals surface area contributed by atoms with Crippen LogP contribution in [0.15, 0.2) is 113 Å². The molecule has 0 saturated carbocycles. The summed E-state index contributed by atoms with van der Waals surface area (Å²) in [5.74, 6) is -1.71. The Labute approximate surface area is 248 Å². The lowest BCUT2D eigenvalue weighted by atomic mass is 9.90. The number of carbonyl (C=O) groups is 2. The van der Waals surface area contributed by atoms with Crippen molar-refractivity contribution >= 4 is 50.3 Å². The fourth-order valence-corrected chi connectivity index (χ4v) is 6.11. The number of fused-ring (bicyclic) bond motifs is 1. The number of amides is 2. The summed E-state index contributed by atoms with van der Waals surface area (Å²) in [6.45, 7) is -0.417. The zero-order chi connectivity index (χ0) is 30.7. The highest BCUT2D eigenvalue weighted by atomic mass is 32.2. The molecule has 2 amide bonds. The van der Waals surface area contributed by atoms with E-state index >= 15 is 0 Å². The molecule has 218 valence electrons. The average molecular weight is 598 g/mol. The van der Waals surface area contributed by atoms with Crippen LogP contribution in [0.2, 0.25) is 0 Å². The van der Waals surface area contributed by atoms with Gasteiger partial charge in [0, 0.05) is 37.5 Å². The van der Waals surface area contributed by atoms with Crippen LogP contribution in [-0.4, -0.2) is 56.4 Å². The number of likely N-dealkylation sites (N-methyl/N-ethyl adjacent to an activating group) is 1. The lowest BCUT2D eigenvalue weighted by Crippen LogP contribution is -2.40. The number of anilines is 2. The SMILES string of the molecule is CN(C)C(=O)CN(c1ccc(N=C(c2ccccc2)C2C(=O)Nc3ccc([N+](=O)[O-])cc32)cc1)S(=O)(=O)c1ccccc1. The number of benzene rings is 4. The summed E-state index contributed by atoms with van der Waals surface area (Å²) in [5.41, 5.74) is 2.40. The number of aliphatic imine (C=N–C) groups is 1. The van der Waals surface area contributed by atoms with Gasteiger partial charge in [-0.15, -0.1) is 0 Å². The minimum Gasteiger partial charge on any atom is -0.347 e. The van der Waals surface area contributed by atoms with Crippen LogP contribution in [0.4, 0.5) is 22.7 Å². The predicted octanol–water partition coefficient (Wildman–Crippen LogP) is 4.74. The van der Waals surface area contributed by atoms with Gasteiger partial charge in [0.15, 0.2) is 0 Å². The van der Waals surface area contributed by atoms with Crippen molar-refractivity contribution in [1.82, 2.24) is 4.90 Å². The third-order valence-corrected chi connectivity index (χ3v) is 8.70. The van der Waals surface area contributed by atoms with Crippen LogP contribution in [0.25, 0.3) is 0 Å². The van der Waals surface area contributed by atoms with Crippen LogP contribution < -0.4 is 9.62 Å². The van der Waals surface area contributed by atoms with Gasteiger partial charge in [-0.25, -0.2) is 8.42 Å². The van der Waals surface area contributed by atoms with E-state index in [1.165, 1.54) is 35.2 Å². The molecule has 4 aromatic carbocycles. The highest BCUT2D eigenvalue weighted by Crippen LogP contribution is 2.38. The first-order valence-electron chi connectivity index (χ1n) is 13.2. The molecule has 0 spiro atoms. The first-order valence-corrected chi connectivity index (χ1v) is 14.6. The number of sulfonamides is 1. The zero-order valence-corrected chi connectivity index (χ0v) is 24.1. The normalized spacial score (nSPS) is 14.5. The zero-order valence-electron chi connectivity index (χ0n) is 23.2. The van der Waals surface area contributed by atoms with Crippen molar-refractivity contribution in [2.45, 2.75) is 10.8 Å². The number of nitro benzene ring substituents is 1. The summed E-state index contributed by atoms with van der Waals surface area (Å²) >= 11 is 0. The van der Waals surface area contributed by atoms with Crippen molar-refractivity contribution in [2.75, 3.05) is 30.3 Å². The van der Waals surface area contributed by atoms with Crippen LogP contribution in [-0.2, 0) is 19.6 Å². The molecule has 0 aliphatic carbocycles. The summed E-state index contributed by atoms with van der Waals surface area (Å²) in [5, 5.41) is 14.3. The molecule has 1 N–H and O–H groups in total. The molecular formula is C31H27N5O6S. The van der Waals surface area contributed by atoms with Crippen LogP contribution in [0.1, 0.15) is 17.0 Å². The molecule has 11 nitrogen and oxygen atoms in total. The molecule has 1 unspecified atom stereocenters. The van der Waals surface area contributed by atoms with Crippen LogP contribution >= 0.6 is 0 Å². The summed E-state index contributed by atoms with van der Waals surface area (Å²) < 4.78 is 28.2. The topological polar surface area (TPSA) is 142 Å². The van der Waals surface area contributed by atoms with Gasteiger partial charge in [0.1, 0.15) is 12.5 Å². The van der Waals surface area contributed by atoms with Crippen molar-refractivity contribution < 1.29 is 22.9 Å². The Bertz CT molecular complexity index is 1830. The fourth-order valence-electron chi connectivity index (χ4n) is 4.67. The maximum absolute atomic E-state index is 13.6. The summed E-state index contributed by atoms with van der Waals surface area (Å²) in [6.07, 6.45) is 0. The van der Waals surface area contributed by atoms with E-state index in [2.05, 4.69) is 5.32 Å². The molecule has 12 heteroatoms. The number of hydrogen-bond acceptors (Lipinski definition) is 7. The summed E-state index contributed by atoms with van der Waals surface area (Å²) in [4.78, 5) is 42.9. The summed E-state index contributed by atoms with van der Waals surface area (Å²) in [6, 6.07) is 27.3. The number of nitrogens with zero attached hydrogens (tertiary/aromatic N) is 4. The Hall–Kier alpha value is -5.36. The Morgan fingerprint density at radius 1 is 0.930 bits per heavy atom. The van der Waals surface area contributed by atoms with Gasteiger partial charge in [0.2, 0.25) is 11.8 Å². The van der Waals surface area contributed by atoms with E-state index in [4.69, 9.17) is 4.99 Å². The third kappa shape index (κ3) is 5.99. The molecule has 1 atom stereocenters. The largest absolute Gasteiger partial charge is 0.347 e. The van der Waals surface area contributed by atoms with E-state index in [0.717, 1.165) is 4.31 Å². The Morgan fingerprint density at radius 3 is 2.16 bits per heavy atom. The number of nitrogens with one attached hydrogen (secondary N) is 1. The fraction of sp³-hybridized carbons (Fsp3) is 0.129. The first-order chi connectivity index (χ1) is 20.6. The predicted molar refractivity (Wildman–Crippen MR) is 163 cm³/mol. The number of rotatable bonds is 9. The van der Waals surface area contributed by atoms with Gasteiger partial charge in [0.25, 0.3) is 15.7 Å². The van der Waals surface area contributed by atoms with E-state index in [0.29, 0.717) is 28.2 Å². The minimum atomic E-state index is -4.08. The lowest BCUT2D eigenvalue weighted by molar-refractivity contribution is -0.384. The van der Waals surface area contributed by atoms with Gasteiger partial charge in [-0.1, -0.05) is 48.5 Å². The Balaban J connectivity index is 1.57. The van der Waals surface area contributed by atoms with Crippen LogP contribution in [0.3, 0.4) is 0 Å². The molecule has 0 bridgehead atoms. The van der Waals surface area contributed by atoms with Gasteiger partial charge in [0.05, 0.1) is 26.9 Å². The quantitative estimate of drug-likeness (QED) is 0.168. The second-order valence-electron chi connectivity index (χ2n) is 9.94. The molecule has 0 aromatic heterocycles. The Kier molecular flexibility index (Phi) is 8.04. The number of carbonyl (C=O) groups excluding carboxylic acids is 2. The molecule has 5 rings (SSSR count). The van der Waals surface area contributed by atoms with Crippen LogP contribution in [0, 0.1) is 10.1 Å². The van der Waals surface area contributed by atoms with E-state index in [1.807, 2.05) is 6.07 Å². The van der Waals surface area contributed by atoms with E-state index in [-0.39, 0.29) is 22.2 Å². The first kappa shape index (κ1) is 29.1. The number of non-ortho nitro benzene ring substituents is 1. The van der Waals surface area contributed by atoms with Crippen LogP contribution in [0.5, 0.6) is 0 Å². The van der Waals surface area contributed by atoms with Crippen molar-refractivity contribution in [2.24, 2.45) is 4.99 Å². The van der Waals surface area contributed by atoms with E-state index < -0.39 is 33.3 Å². The molecular weight excluding hydrogens is 570 g/mol. The van der Waals surface area contributed by atoms with Crippen molar-refractivity contribution in [1.29, 1.82) is 0 Å². The van der Waals surface area contributed by atoms with E-state index in [9.17, 15) is 28.1 Å². The van der Waals surface area contributed by atoms with Gasteiger partial charge in [-0.05, 0) is 48.0 Å². The molecule has 1 heterocycles. The Morgan fingerprint density at radius 2 is 1.56 bits per heavy atom. The highest BCUT2D eigenvalue weighted by molar-refractivity contribution is 7.92. The maximum atomic E-state index is 13.6. The number of hydrogen-bond donors (Lipinski definition) is 1. The van der Waals surface area contributed by atoms with Gasteiger partial charge in [-0.3, -0.25) is 29.0 Å². The van der Waals surface area contributed by atoms with Gasteiger partial charge in [-0.2, -0.15) is 0 Å². The molecule has 1 aliphatic heterocycles. The smallest absolute Gasteiger partial charge is 0.269 e. The average Bonchev–Trinajstić information content (AvgIpc) is 3.34. The second kappa shape index (κ2) is 11.9. The molecule has 4 aromatic rings. The maximum Gasteiger partial charge on any atom is 0.269 e. The minimum absolute atomic E-state index is 0.0371. The molecule has 0 fully saturated rings. The van der Waals surface area contributed by atoms with Gasteiger partial charge < -0.3 is 10.2 Å². The molecule has 0 saturated heterocycles. The molecule has 0 radical (unpaired) electrons. The van der Waals surface area contributed by atoms with Crippen molar-refractivity contribution in [3.63, 3.8) is 0 Å². The molecule has 43 heavy (non-hydrogen) atoms. The van der Waals surface area contributed by atoms with E-state index in [1.54, 1.807) is 80.8 Å².